The number of hydrogen-bond donors (Lipinski definition) is 1. The molecule has 0 bridgehead atoms. The summed E-state index contributed by atoms with van der Waals surface area (Å²) in [5.41, 5.74) is 0.982. The maximum Gasteiger partial charge on any atom is 0.137 e. The number of alkyl halides is 1. The van der Waals surface area contributed by atoms with E-state index in [9.17, 15) is 5.11 Å². The molecule has 0 radical (unpaired) electrons. The van der Waals surface area contributed by atoms with Crippen LogP contribution >= 0.6 is 34.2 Å². The minimum absolute atomic E-state index is 0.0265. The molecule has 1 N–H and O–H groups in total. The quantitative estimate of drug-likeness (QED) is 0.392. The van der Waals surface area contributed by atoms with E-state index in [1.165, 1.54) is 0 Å². The molecule has 0 heterocycles. The van der Waals surface area contributed by atoms with E-state index in [4.69, 9.17) is 16.9 Å². The average Bonchev–Trinajstić information content (AvgIpc) is 2.20. The van der Waals surface area contributed by atoms with Gasteiger partial charge in [0.25, 0.3) is 0 Å². The van der Waals surface area contributed by atoms with E-state index in [2.05, 4.69) is 0 Å². The lowest BCUT2D eigenvalue weighted by Crippen LogP contribution is -1.90. The standard InChI is InChI=1S/C10H7ClINO/c11-9-3-1-7(2-4-9)10(14)8(5-12)6-13/h1-4,14H,5H2/b10-8-. The molecule has 1 aromatic rings. The van der Waals surface area contributed by atoms with Gasteiger partial charge in [0.2, 0.25) is 0 Å². The van der Waals surface area contributed by atoms with Gasteiger partial charge in [-0.05, 0) is 24.3 Å². The molecule has 0 atom stereocenters. The summed E-state index contributed by atoms with van der Waals surface area (Å²) in [7, 11) is 0. The fourth-order valence-corrected chi connectivity index (χ4v) is 1.59. The molecule has 0 amide bonds. The van der Waals surface area contributed by atoms with Crippen LogP contribution in [0, 0.1) is 11.3 Å². The van der Waals surface area contributed by atoms with E-state index in [0.29, 0.717) is 20.6 Å². The van der Waals surface area contributed by atoms with Gasteiger partial charge in [-0.3, -0.25) is 0 Å². The van der Waals surface area contributed by atoms with Gasteiger partial charge in [0.1, 0.15) is 5.76 Å². The summed E-state index contributed by atoms with van der Waals surface area (Å²) in [5.74, 6) is 0.0265. The zero-order valence-corrected chi connectivity index (χ0v) is 10.1. The minimum atomic E-state index is 0.0265. The predicted molar refractivity (Wildman–Crippen MR) is 65.5 cm³/mol. The van der Waals surface area contributed by atoms with Gasteiger partial charge in [-0.25, -0.2) is 0 Å². The zero-order chi connectivity index (χ0) is 10.6. The van der Waals surface area contributed by atoms with Gasteiger partial charge < -0.3 is 5.11 Å². The summed E-state index contributed by atoms with van der Waals surface area (Å²) in [6, 6.07) is 8.67. The highest BCUT2D eigenvalue weighted by atomic mass is 127. The van der Waals surface area contributed by atoms with E-state index < -0.39 is 0 Å². The highest BCUT2D eigenvalue weighted by Crippen LogP contribution is 2.19. The fraction of sp³-hybridized carbons (Fsp3) is 0.100. The third-order valence-corrected chi connectivity index (χ3v) is 2.69. The molecular weight excluding hydrogens is 312 g/mol. The minimum Gasteiger partial charge on any atom is -0.506 e. The second kappa shape index (κ2) is 5.23. The lowest BCUT2D eigenvalue weighted by Gasteiger charge is -2.01. The lowest BCUT2D eigenvalue weighted by atomic mass is 10.1. The fourth-order valence-electron chi connectivity index (χ4n) is 0.928. The molecule has 4 heteroatoms. The molecule has 72 valence electrons. The Labute approximate surface area is 101 Å². The van der Waals surface area contributed by atoms with Crippen molar-refractivity contribution in [2.75, 3.05) is 4.43 Å². The molecule has 0 fully saturated rings. The Balaban J connectivity index is 3.12. The number of nitriles is 1. The van der Waals surface area contributed by atoms with Crippen molar-refractivity contribution in [1.29, 1.82) is 5.26 Å². The molecule has 0 unspecified atom stereocenters. The molecule has 14 heavy (non-hydrogen) atoms. The van der Waals surface area contributed by atoms with Crippen LogP contribution in [0.25, 0.3) is 5.76 Å². The van der Waals surface area contributed by atoms with E-state index in [1.807, 2.05) is 28.7 Å². The Morgan fingerprint density at radius 3 is 2.43 bits per heavy atom. The van der Waals surface area contributed by atoms with Crippen LogP contribution in [0.3, 0.4) is 0 Å². The molecule has 0 aliphatic carbocycles. The molecule has 1 aromatic carbocycles. The monoisotopic (exact) mass is 319 g/mol. The third kappa shape index (κ3) is 2.63. The third-order valence-electron chi connectivity index (χ3n) is 1.67. The summed E-state index contributed by atoms with van der Waals surface area (Å²) in [5, 5.41) is 19.0. The van der Waals surface area contributed by atoms with Crippen LogP contribution in [-0.2, 0) is 0 Å². The zero-order valence-electron chi connectivity index (χ0n) is 7.17. The second-order valence-electron chi connectivity index (χ2n) is 2.58. The molecule has 2 nitrogen and oxygen atoms in total. The Hall–Kier alpha value is -0.730. The van der Waals surface area contributed by atoms with Crippen molar-refractivity contribution in [1.82, 2.24) is 0 Å². The van der Waals surface area contributed by atoms with Crippen LogP contribution in [-0.4, -0.2) is 9.53 Å². The number of nitrogens with zero attached hydrogens (tertiary/aromatic N) is 1. The predicted octanol–water partition coefficient (Wildman–Crippen LogP) is 3.57. The van der Waals surface area contributed by atoms with Crippen molar-refractivity contribution in [2.24, 2.45) is 0 Å². The first kappa shape index (κ1) is 11.3. The normalized spacial score (nSPS) is 11.8. The highest BCUT2D eigenvalue weighted by Gasteiger charge is 2.05. The van der Waals surface area contributed by atoms with Crippen molar-refractivity contribution >= 4 is 40.0 Å². The van der Waals surface area contributed by atoms with Gasteiger partial charge in [-0.2, -0.15) is 5.26 Å². The van der Waals surface area contributed by atoms with E-state index in [-0.39, 0.29) is 5.76 Å². The van der Waals surface area contributed by atoms with E-state index >= 15 is 0 Å². The Bertz CT molecular complexity index is 392. The van der Waals surface area contributed by atoms with Gasteiger partial charge in [0.15, 0.2) is 0 Å². The van der Waals surface area contributed by atoms with Gasteiger partial charge in [-0.1, -0.05) is 34.2 Å². The molecule has 0 aromatic heterocycles. The molecule has 0 saturated carbocycles. The largest absolute Gasteiger partial charge is 0.506 e. The first-order valence-electron chi connectivity index (χ1n) is 3.83. The Morgan fingerprint density at radius 2 is 2.00 bits per heavy atom. The average molecular weight is 320 g/mol. The summed E-state index contributed by atoms with van der Waals surface area (Å²) in [6.07, 6.45) is 0. The smallest absolute Gasteiger partial charge is 0.137 e. The number of benzene rings is 1. The maximum atomic E-state index is 9.68. The van der Waals surface area contributed by atoms with Crippen LogP contribution in [0.2, 0.25) is 5.02 Å². The van der Waals surface area contributed by atoms with Crippen molar-refractivity contribution in [2.45, 2.75) is 0 Å². The summed E-state index contributed by atoms with van der Waals surface area (Å²) in [6.45, 7) is 0. The van der Waals surface area contributed by atoms with Gasteiger partial charge in [-0.15, -0.1) is 0 Å². The first-order chi connectivity index (χ1) is 6.69. The van der Waals surface area contributed by atoms with Crippen LogP contribution in [0.5, 0.6) is 0 Å². The maximum absolute atomic E-state index is 9.68. The van der Waals surface area contributed by atoms with Gasteiger partial charge in [0, 0.05) is 15.0 Å². The summed E-state index contributed by atoms with van der Waals surface area (Å²) >= 11 is 7.73. The second-order valence-corrected chi connectivity index (χ2v) is 3.78. The van der Waals surface area contributed by atoms with E-state index in [1.54, 1.807) is 24.3 Å². The van der Waals surface area contributed by atoms with Crippen molar-refractivity contribution in [3.05, 3.63) is 40.4 Å². The van der Waals surface area contributed by atoms with Crippen molar-refractivity contribution in [3.63, 3.8) is 0 Å². The first-order valence-corrected chi connectivity index (χ1v) is 5.73. The van der Waals surface area contributed by atoms with Crippen LogP contribution in [0.15, 0.2) is 29.8 Å². The van der Waals surface area contributed by atoms with Crippen LogP contribution in [0.4, 0.5) is 0 Å². The van der Waals surface area contributed by atoms with Gasteiger partial charge in [0.05, 0.1) is 11.6 Å². The topological polar surface area (TPSA) is 44.0 Å². The molecule has 0 aliphatic heterocycles. The molecule has 0 spiro atoms. The number of aliphatic hydroxyl groups is 1. The van der Waals surface area contributed by atoms with Crippen LogP contribution in [0.1, 0.15) is 5.56 Å². The number of aliphatic hydroxyl groups excluding tert-OH is 1. The number of hydrogen-bond acceptors (Lipinski definition) is 2. The summed E-state index contributed by atoms with van der Waals surface area (Å²) < 4.78 is 0.489. The summed E-state index contributed by atoms with van der Waals surface area (Å²) in [4.78, 5) is 0. The van der Waals surface area contributed by atoms with Gasteiger partial charge >= 0.3 is 0 Å². The SMILES string of the molecule is N#C/C(CI)=C(\O)c1ccc(Cl)cc1. The lowest BCUT2D eigenvalue weighted by molar-refractivity contribution is 0.508. The Kier molecular flexibility index (Phi) is 4.23. The van der Waals surface area contributed by atoms with Crippen molar-refractivity contribution in [3.8, 4) is 6.07 Å². The molecule has 0 saturated heterocycles. The van der Waals surface area contributed by atoms with Crippen molar-refractivity contribution < 1.29 is 5.11 Å². The number of rotatable bonds is 2. The highest BCUT2D eigenvalue weighted by molar-refractivity contribution is 14.1. The molecular formula is C10H7ClINO. The molecule has 0 aliphatic rings. The molecule has 1 rings (SSSR count). The Morgan fingerprint density at radius 1 is 1.43 bits per heavy atom. The number of halogens is 2. The van der Waals surface area contributed by atoms with Crippen LogP contribution < -0.4 is 0 Å². The number of allylic oxidation sites excluding steroid dienone is 1. The van der Waals surface area contributed by atoms with E-state index in [0.717, 1.165) is 0 Å².